The molecule has 1 heterocycles. The lowest BCUT2D eigenvalue weighted by atomic mass is 9.52. The third-order valence-electron chi connectivity index (χ3n) is 7.09. The molecule has 2 atom stereocenters. The number of hydrogen-bond donors (Lipinski definition) is 1. The van der Waals surface area contributed by atoms with Crippen LogP contribution in [0.25, 0.3) is 10.9 Å². The van der Waals surface area contributed by atoms with Gasteiger partial charge < -0.3 is 10.1 Å². The van der Waals surface area contributed by atoms with E-state index in [1.807, 2.05) is 38.3 Å². The number of aromatic nitrogens is 1. The van der Waals surface area contributed by atoms with Crippen LogP contribution in [0.2, 0.25) is 0 Å². The van der Waals surface area contributed by atoms with E-state index in [1.54, 1.807) is 0 Å². The van der Waals surface area contributed by atoms with Gasteiger partial charge in [-0.15, -0.1) is 0 Å². The number of halogens is 1. The summed E-state index contributed by atoms with van der Waals surface area (Å²) >= 11 is 3.52. The van der Waals surface area contributed by atoms with Crippen molar-refractivity contribution in [2.45, 2.75) is 50.7 Å². The van der Waals surface area contributed by atoms with Crippen LogP contribution in [0.5, 0.6) is 0 Å². The summed E-state index contributed by atoms with van der Waals surface area (Å²) in [6, 6.07) is 8.12. The normalized spacial score (nSPS) is 34.2. The maximum Gasteiger partial charge on any atom is 0.252 e. The van der Waals surface area contributed by atoms with E-state index in [4.69, 9.17) is 4.74 Å². The summed E-state index contributed by atoms with van der Waals surface area (Å²) in [6.45, 7) is 1.95. The van der Waals surface area contributed by atoms with Crippen LogP contribution in [-0.2, 0) is 4.74 Å². The molecular weight excluding hydrogens is 404 g/mol. The lowest BCUT2D eigenvalue weighted by molar-refractivity contribution is -0.156. The molecule has 27 heavy (non-hydrogen) atoms. The van der Waals surface area contributed by atoms with Gasteiger partial charge in [0.1, 0.15) is 0 Å². The zero-order valence-electron chi connectivity index (χ0n) is 15.8. The summed E-state index contributed by atoms with van der Waals surface area (Å²) in [5, 5.41) is 4.33. The number of rotatable bonds is 3. The SMILES string of the molecule is COC12CC3CC(C1)C(NC(=O)c1cc(C)nc4ccc(Br)cc14)C(C3)C2. The van der Waals surface area contributed by atoms with Crippen molar-refractivity contribution < 1.29 is 9.53 Å². The molecule has 1 aromatic carbocycles. The highest BCUT2D eigenvalue weighted by Gasteiger charge is 2.56. The van der Waals surface area contributed by atoms with E-state index in [-0.39, 0.29) is 17.6 Å². The summed E-state index contributed by atoms with van der Waals surface area (Å²) in [5.74, 6) is 1.89. The minimum Gasteiger partial charge on any atom is -0.378 e. The molecule has 5 heteroatoms. The van der Waals surface area contributed by atoms with E-state index >= 15 is 0 Å². The van der Waals surface area contributed by atoms with Crippen LogP contribution in [0.3, 0.4) is 0 Å². The zero-order valence-corrected chi connectivity index (χ0v) is 17.4. The smallest absolute Gasteiger partial charge is 0.252 e. The van der Waals surface area contributed by atoms with Gasteiger partial charge in [-0.25, -0.2) is 0 Å². The Morgan fingerprint density at radius 2 is 1.96 bits per heavy atom. The summed E-state index contributed by atoms with van der Waals surface area (Å²) in [7, 11) is 1.87. The predicted molar refractivity (Wildman–Crippen MR) is 109 cm³/mol. The van der Waals surface area contributed by atoms with E-state index in [1.165, 1.54) is 19.3 Å². The number of carbonyl (C=O) groups is 1. The van der Waals surface area contributed by atoms with Crippen molar-refractivity contribution in [2.75, 3.05) is 7.11 Å². The number of pyridine rings is 1. The second-order valence-corrected chi connectivity index (χ2v) is 9.74. The van der Waals surface area contributed by atoms with E-state index in [2.05, 4.69) is 26.2 Å². The van der Waals surface area contributed by atoms with E-state index in [0.717, 1.165) is 45.4 Å². The van der Waals surface area contributed by atoms with Crippen molar-refractivity contribution in [1.29, 1.82) is 0 Å². The Labute approximate surface area is 168 Å². The first kappa shape index (κ1) is 17.6. The Bertz CT molecular complexity index is 912. The molecule has 1 aromatic heterocycles. The largest absolute Gasteiger partial charge is 0.378 e. The van der Waals surface area contributed by atoms with Gasteiger partial charge in [0.05, 0.1) is 16.7 Å². The number of nitrogens with one attached hydrogen (secondary N) is 1. The molecule has 4 aliphatic carbocycles. The highest BCUT2D eigenvalue weighted by atomic mass is 79.9. The van der Waals surface area contributed by atoms with Crippen molar-refractivity contribution in [2.24, 2.45) is 17.8 Å². The third kappa shape index (κ3) is 2.90. The molecule has 0 saturated heterocycles. The van der Waals surface area contributed by atoms with E-state index in [9.17, 15) is 4.79 Å². The van der Waals surface area contributed by atoms with Crippen LogP contribution in [0, 0.1) is 24.7 Å². The van der Waals surface area contributed by atoms with Crippen LogP contribution in [-0.4, -0.2) is 29.6 Å². The second kappa shape index (κ2) is 6.28. The average Bonchev–Trinajstić information content (AvgIpc) is 2.63. The van der Waals surface area contributed by atoms with Gasteiger partial charge in [-0.3, -0.25) is 9.78 Å². The maximum atomic E-state index is 13.3. The zero-order chi connectivity index (χ0) is 18.8. The number of hydrogen-bond acceptors (Lipinski definition) is 3. The number of nitrogens with zero attached hydrogens (tertiary/aromatic N) is 1. The molecular formula is C22H25BrN2O2. The molecule has 0 aliphatic heterocycles. The third-order valence-corrected chi connectivity index (χ3v) is 7.58. The summed E-state index contributed by atoms with van der Waals surface area (Å²) in [5.41, 5.74) is 2.54. The number of aryl methyl sites for hydroxylation is 1. The topological polar surface area (TPSA) is 51.2 Å². The molecule has 2 aromatic rings. The van der Waals surface area contributed by atoms with Gasteiger partial charge in [0.25, 0.3) is 5.91 Å². The van der Waals surface area contributed by atoms with Gasteiger partial charge in [0, 0.05) is 28.7 Å². The Morgan fingerprint density at radius 3 is 2.67 bits per heavy atom. The molecule has 2 unspecified atom stereocenters. The highest BCUT2D eigenvalue weighted by Crippen LogP contribution is 2.57. The van der Waals surface area contributed by atoms with Gasteiger partial charge in [0.15, 0.2) is 0 Å². The number of methoxy groups -OCH3 is 1. The highest BCUT2D eigenvalue weighted by molar-refractivity contribution is 9.10. The minimum atomic E-state index is 0.0348. The number of amides is 1. The fraction of sp³-hybridized carbons (Fsp3) is 0.545. The maximum absolute atomic E-state index is 13.3. The summed E-state index contributed by atoms with van der Waals surface area (Å²) < 4.78 is 6.91. The van der Waals surface area contributed by atoms with Crippen LogP contribution >= 0.6 is 15.9 Å². The van der Waals surface area contributed by atoms with Crippen molar-refractivity contribution in [3.05, 3.63) is 40.0 Å². The number of fused-ring (bicyclic) bond motifs is 1. The lowest BCUT2D eigenvalue weighted by Crippen LogP contribution is -2.62. The molecule has 1 amide bonds. The Hall–Kier alpha value is -1.46. The molecule has 4 bridgehead atoms. The van der Waals surface area contributed by atoms with Gasteiger partial charge in [-0.2, -0.15) is 0 Å². The van der Waals surface area contributed by atoms with Crippen molar-refractivity contribution in [1.82, 2.24) is 10.3 Å². The Balaban J connectivity index is 1.45. The lowest BCUT2D eigenvalue weighted by Gasteiger charge is -2.59. The standard InChI is InChI=1S/C22H25BrN2O2/c1-12-5-18(17-8-16(23)3-4-19(17)24-12)21(26)25-20-14-6-13-7-15(20)11-22(9-13,10-14)27-2/h3-5,8,13-15,20H,6-7,9-11H2,1-2H3,(H,25,26). The van der Waals surface area contributed by atoms with E-state index in [0.29, 0.717) is 11.8 Å². The van der Waals surface area contributed by atoms with Crippen LogP contribution < -0.4 is 5.32 Å². The van der Waals surface area contributed by atoms with Gasteiger partial charge >= 0.3 is 0 Å². The number of ether oxygens (including phenoxy) is 1. The van der Waals surface area contributed by atoms with Gasteiger partial charge in [0.2, 0.25) is 0 Å². The first-order valence-corrected chi connectivity index (χ1v) is 10.7. The summed E-state index contributed by atoms with van der Waals surface area (Å²) in [4.78, 5) is 17.9. The Kier molecular flexibility index (Phi) is 4.10. The molecule has 4 aliphatic rings. The first-order valence-electron chi connectivity index (χ1n) is 9.89. The second-order valence-electron chi connectivity index (χ2n) is 8.83. The van der Waals surface area contributed by atoms with Gasteiger partial charge in [-0.1, -0.05) is 15.9 Å². The van der Waals surface area contributed by atoms with Crippen LogP contribution in [0.15, 0.2) is 28.7 Å². The molecule has 6 rings (SSSR count). The van der Waals surface area contributed by atoms with E-state index < -0.39 is 0 Å². The molecule has 1 N–H and O–H groups in total. The molecule has 4 saturated carbocycles. The first-order chi connectivity index (χ1) is 13.0. The monoisotopic (exact) mass is 428 g/mol. The minimum absolute atomic E-state index is 0.0348. The molecule has 4 nitrogen and oxygen atoms in total. The summed E-state index contributed by atoms with van der Waals surface area (Å²) in [6.07, 6.45) is 5.84. The molecule has 0 radical (unpaired) electrons. The average molecular weight is 429 g/mol. The number of carbonyl (C=O) groups excluding carboxylic acids is 1. The fourth-order valence-corrected chi connectivity index (χ4v) is 6.54. The van der Waals surface area contributed by atoms with Crippen LogP contribution in [0.1, 0.15) is 48.2 Å². The molecule has 0 spiro atoms. The fourth-order valence-electron chi connectivity index (χ4n) is 6.18. The Morgan fingerprint density at radius 1 is 1.22 bits per heavy atom. The molecule has 4 fully saturated rings. The number of benzene rings is 1. The van der Waals surface area contributed by atoms with Crippen molar-refractivity contribution in [3.63, 3.8) is 0 Å². The quantitative estimate of drug-likeness (QED) is 0.774. The van der Waals surface area contributed by atoms with Crippen molar-refractivity contribution in [3.8, 4) is 0 Å². The van der Waals surface area contributed by atoms with Gasteiger partial charge in [-0.05, 0) is 81.0 Å². The predicted octanol–water partition coefficient (Wildman–Crippen LogP) is 4.63. The van der Waals surface area contributed by atoms with Crippen LogP contribution in [0.4, 0.5) is 0 Å². The molecule has 142 valence electrons. The van der Waals surface area contributed by atoms with Crippen molar-refractivity contribution >= 4 is 32.7 Å².